The number of nitrogens with two attached hydrogens (primary N) is 3. The Morgan fingerprint density at radius 3 is 2.52 bits per heavy atom. The average molecular weight is 345 g/mol. The third-order valence-corrected chi connectivity index (χ3v) is 3.06. The normalized spacial score (nSPS) is 10.6. The van der Waals surface area contributed by atoms with Gasteiger partial charge in [0.2, 0.25) is 5.91 Å². The van der Waals surface area contributed by atoms with Crippen molar-refractivity contribution in [3.63, 3.8) is 0 Å². The summed E-state index contributed by atoms with van der Waals surface area (Å²) in [5, 5.41) is 5.19. The van der Waals surface area contributed by atoms with Crippen LogP contribution in [0.4, 0.5) is 11.6 Å². The van der Waals surface area contributed by atoms with Crippen LogP contribution in [0.15, 0.2) is 0 Å². The summed E-state index contributed by atoms with van der Waals surface area (Å²) in [6, 6.07) is 0. The van der Waals surface area contributed by atoms with Crippen molar-refractivity contribution in [3.8, 4) is 0 Å². The molecule has 0 aromatic carbocycles. The summed E-state index contributed by atoms with van der Waals surface area (Å²) in [7, 11) is 1.75. The average Bonchev–Trinajstić information content (AvgIpc) is 2.48. The number of carbonyl (C=O) groups is 2. The molecule has 1 aromatic rings. The molecule has 1 aromatic heterocycles. The SMILES string of the molecule is CN(CCNC(=O)c1nc(Cl)c(N)nc1N)CC(=O)NCCN. The van der Waals surface area contributed by atoms with Gasteiger partial charge >= 0.3 is 0 Å². The maximum Gasteiger partial charge on any atom is 0.273 e. The molecule has 128 valence electrons. The summed E-state index contributed by atoms with van der Waals surface area (Å²) in [5.74, 6) is -0.787. The van der Waals surface area contributed by atoms with Crippen molar-refractivity contribution in [2.45, 2.75) is 0 Å². The van der Waals surface area contributed by atoms with E-state index >= 15 is 0 Å². The van der Waals surface area contributed by atoms with Crippen molar-refractivity contribution in [2.75, 3.05) is 51.2 Å². The predicted molar refractivity (Wildman–Crippen MR) is 87.8 cm³/mol. The number of carbonyl (C=O) groups excluding carboxylic acids is 2. The number of nitrogen functional groups attached to an aromatic ring is 2. The minimum Gasteiger partial charge on any atom is -0.382 e. The largest absolute Gasteiger partial charge is 0.382 e. The van der Waals surface area contributed by atoms with E-state index in [4.69, 9.17) is 28.8 Å². The molecule has 0 aliphatic heterocycles. The number of anilines is 2. The number of rotatable bonds is 8. The first-order valence-electron chi connectivity index (χ1n) is 6.87. The Bertz CT molecular complexity index is 568. The van der Waals surface area contributed by atoms with E-state index in [9.17, 15) is 9.59 Å². The number of hydrogen-bond donors (Lipinski definition) is 5. The predicted octanol–water partition coefficient (Wildman–Crippen LogP) is -1.97. The van der Waals surface area contributed by atoms with Gasteiger partial charge in [-0.05, 0) is 7.05 Å². The fourth-order valence-electron chi connectivity index (χ4n) is 1.64. The molecule has 0 atom stereocenters. The summed E-state index contributed by atoms with van der Waals surface area (Å²) in [4.78, 5) is 32.7. The molecule has 10 nitrogen and oxygen atoms in total. The van der Waals surface area contributed by atoms with Gasteiger partial charge in [0.15, 0.2) is 22.5 Å². The highest BCUT2D eigenvalue weighted by atomic mass is 35.5. The Kier molecular flexibility index (Phi) is 7.45. The van der Waals surface area contributed by atoms with Gasteiger partial charge in [-0.1, -0.05) is 11.6 Å². The van der Waals surface area contributed by atoms with Crippen LogP contribution in [0.2, 0.25) is 5.15 Å². The first-order chi connectivity index (χ1) is 10.8. The van der Waals surface area contributed by atoms with Crippen molar-refractivity contribution < 1.29 is 9.59 Å². The lowest BCUT2D eigenvalue weighted by molar-refractivity contribution is -0.121. The van der Waals surface area contributed by atoms with Crippen molar-refractivity contribution in [1.29, 1.82) is 0 Å². The third-order valence-electron chi connectivity index (χ3n) is 2.78. The molecular weight excluding hydrogens is 324 g/mol. The summed E-state index contributed by atoms with van der Waals surface area (Å²) in [6.07, 6.45) is 0. The number of halogens is 1. The highest BCUT2D eigenvalue weighted by Gasteiger charge is 2.15. The van der Waals surface area contributed by atoms with Crippen molar-refractivity contribution in [2.24, 2.45) is 5.73 Å². The molecule has 8 N–H and O–H groups in total. The quantitative estimate of drug-likeness (QED) is 0.362. The Balaban J connectivity index is 2.42. The first-order valence-corrected chi connectivity index (χ1v) is 7.25. The minimum absolute atomic E-state index is 0.0380. The minimum atomic E-state index is -0.516. The standard InChI is InChI=1S/C12H21ClN8O2/c1-21(6-7(22)17-3-2-14)5-4-18-12(23)8-10(15)20-11(16)9(13)19-8/h2-6,14H2,1H3,(H,17,22)(H,18,23)(H4,15,16,20). The van der Waals surface area contributed by atoms with Gasteiger partial charge in [0, 0.05) is 26.2 Å². The molecule has 0 fully saturated rings. The molecule has 0 unspecified atom stereocenters. The number of nitrogens with one attached hydrogen (secondary N) is 2. The summed E-state index contributed by atoms with van der Waals surface area (Å²) >= 11 is 5.72. The van der Waals surface area contributed by atoms with Gasteiger partial charge in [-0.3, -0.25) is 14.5 Å². The van der Waals surface area contributed by atoms with Gasteiger partial charge in [0.1, 0.15) is 0 Å². The van der Waals surface area contributed by atoms with E-state index in [2.05, 4.69) is 20.6 Å². The molecule has 1 rings (SSSR count). The highest BCUT2D eigenvalue weighted by Crippen LogP contribution is 2.16. The third kappa shape index (κ3) is 6.22. The molecule has 23 heavy (non-hydrogen) atoms. The van der Waals surface area contributed by atoms with Crippen LogP contribution in [0.3, 0.4) is 0 Å². The zero-order valence-corrected chi connectivity index (χ0v) is 13.6. The maximum atomic E-state index is 12.0. The fourth-order valence-corrected chi connectivity index (χ4v) is 1.77. The number of aromatic nitrogens is 2. The molecule has 0 bridgehead atoms. The van der Waals surface area contributed by atoms with Crippen LogP contribution in [0.1, 0.15) is 10.5 Å². The van der Waals surface area contributed by atoms with E-state index in [-0.39, 0.29) is 34.9 Å². The summed E-state index contributed by atoms with van der Waals surface area (Å²) in [5.41, 5.74) is 16.2. The lowest BCUT2D eigenvalue weighted by atomic mass is 10.3. The maximum absolute atomic E-state index is 12.0. The van der Waals surface area contributed by atoms with Crippen LogP contribution in [0.25, 0.3) is 0 Å². The number of nitrogens with zero attached hydrogens (tertiary/aromatic N) is 3. The zero-order chi connectivity index (χ0) is 17.4. The van der Waals surface area contributed by atoms with Crippen LogP contribution in [0, 0.1) is 0 Å². The first kappa shape index (κ1) is 18.9. The molecule has 11 heteroatoms. The van der Waals surface area contributed by atoms with E-state index in [1.807, 2.05) is 0 Å². The number of amides is 2. The molecular formula is C12H21ClN8O2. The van der Waals surface area contributed by atoms with Gasteiger partial charge in [-0.15, -0.1) is 0 Å². The van der Waals surface area contributed by atoms with Crippen LogP contribution < -0.4 is 27.8 Å². The van der Waals surface area contributed by atoms with E-state index in [0.717, 1.165) is 0 Å². The van der Waals surface area contributed by atoms with E-state index in [0.29, 0.717) is 26.2 Å². The van der Waals surface area contributed by atoms with Crippen LogP contribution >= 0.6 is 11.6 Å². The zero-order valence-electron chi connectivity index (χ0n) is 12.8. The topological polar surface area (TPSA) is 165 Å². The second-order valence-corrected chi connectivity index (χ2v) is 5.12. The Morgan fingerprint density at radius 2 is 1.87 bits per heavy atom. The van der Waals surface area contributed by atoms with Crippen molar-refractivity contribution in [3.05, 3.63) is 10.8 Å². The molecule has 2 amide bonds. The Hall–Kier alpha value is -2.17. The van der Waals surface area contributed by atoms with E-state index < -0.39 is 5.91 Å². The molecule has 0 saturated heterocycles. The van der Waals surface area contributed by atoms with Gasteiger partial charge < -0.3 is 27.8 Å². The Labute approximate surface area is 138 Å². The van der Waals surface area contributed by atoms with Crippen molar-refractivity contribution in [1.82, 2.24) is 25.5 Å². The highest BCUT2D eigenvalue weighted by molar-refractivity contribution is 6.31. The van der Waals surface area contributed by atoms with Crippen LogP contribution in [0.5, 0.6) is 0 Å². The lowest BCUT2D eigenvalue weighted by Crippen LogP contribution is -2.40. The fraction of sp³-hybridized carbons (Fsp3) is 0.500. The summed E-state index contributed by atoms with van der Waals surface area (Å²) in [6.45, 7) is 1.77. The van der Waals surface area contributed by atoms with E-state index in [1.54, 1.807) is 11.9 Å². The summed E-state index contributed by atoms with van der Waals surface area (Å²) < 4.78 is 0. The van der Waals surface area contributed by atoms with Crippen molar-refractivity contribution >= 4 is 35.1 Å². The number of likely N-dealkylation sites (N-methyl/N-ethyl adjacent to an activating group) is 1. The molecule has 0 radical (unpaired) electrons. The second kappa shape index (κ2) is 9.08. The van der Waals surface area contributed by atoms with Gasteiger partial charge in [-0.25, -0.2) is 9.97 Å². The monoisotopic (exact) mass is 344 g/mol. The van der Waals surface area contributed by atoms with E-state index in [1.165, 1.54) is 0 Å². The van der Waals surface area contributed by atoms with Gasteiger partial charge in [0.25, 0.3) is 5.91 Å². The molecule has 0 aliphatic rings. The van der Waals surface area contributed by atoms with Gasteiger partial charge in [-0.2, -0.15) is 0 Å². The molecule has 0 spiro atoms. The smallest absolute Gasteiger partial charge is 0.273 e. The molecule has 0 saturated carbocycles. The second-order valence-electron chi connectivity index (χ2n) is 4.77. The van der Waals surface area contributed by atoms with Crippen LogP contribution in [-0.2, 0) is 4.79 Å². The number of hydrogen-bond acceptors (Lipinski definition) is 8. The van der Waals surface area contributed by atoms with Crippen LogP contribution in [-0.4, -0.2) is 66.5 Å². The van der Waals surface area contributed by atoms with Gasteiger partial charge in [0.05, 0.1) is 6.54 Å². The molecule has 0 aliphatic carbocycles. The lowest BCUT2D eigenvalue weighted by Gasteiger charge is -2.16. The molecule has 1 heterocycles. The Morgan fingerprint density at radius 1 is 1.17 bits per heavy atom.